The Hall–Kier alpha value is -2.94. The smallest absolute Gasteiger partial charge is 0.310 e. The van der Waals surface area contributed by atoms with E-state index in [0.717, 1.165) is 12.1 Å². The van der Waals surface area contributed by atoms with Gasteiger partial charge in [0.2, 0.25) is 0 Å². The van der Waals surface area contributed by atoms with Crippen molar-refractivity contribution in [1.29, 1.82) is 5.26 Å². The highest BCUT2D eigenvalue weighted by Gasteiger charge is 2.33. The molecule has 0 spiro atoms. The number of carboxylic acids is 1. The van der Waals surface area contributed by atoms with Crippen molar-refractivity contribution in [1.82, 2.24) is 0 Å². The van der Waals surface area contributed by atoms with E-state index < -0.39 is 23.5 Å². The predicted molar refractivity (Wildman–Crippen MR) is 79.8 cm³/mol. The van der Waals surface area contributed by atoms with Crippen LogP contribution in [-0.2, 0) is 4.79 Å². The number of nitrogens with zero attached hydrogens (tertiary/aromatic N) is 2. The van der Waals surface area contributed by atoms with Gasteiger partial charge in [-0.05, 0) is 29.8 Å². The monoisotopic (exact) mass is 314 g/mol. The van der Waals surface area contributed by atoms with Crippen molar-refractivity contribution in [2.45, 2.75) is 0 Å². The van der Waals surface area contributed by atoms with Crippen molar-refractivity contribution >= 4 is 11.7 Å². The zero-order chi connectivity index (χ0) is 16.6. The second-order valence-corrected chi connectivity index (χ2v) is 5.41. The van der Waals surface area contributed by atoms with E-state index in [4.69, 9.17) is 5.11 Å². The summed E-state index contributed by atoms with van der Waals surface area (Å²) in [5, 5.41) is 18.2. The van der Waals surface area contributed by atoms with Crippen LogP contribution in [-0.4, -0.2) is 24.2 Å². The highest BCUT2D eigenvalue weighted by Crippen LogP contribution is 2.32. The Morgan fingerprint density at radius 1 is 1.22 bits per heavy atom. The van der Waals surface area contributed by atoms with Crippen molar-refractivity contribution in [2.24, 2.45) is 5.92 Å². The van der Waals surface area contributed by atoms with Crippen LogP contribution in [0.3, 0.4) is 0 Å². The lowest BCUT2D eigenvalue weighted by Gasteiger charge is -2.39. The summed E-state index contributed by atoms with van der Waals surface area (Å²) in [6.07, 6.45) is 0. The summed E-state index contributed by atoms with van der Waals surface area (Å²) >= 11 is 0. The molecule has 0 amide bonds. The molecule has 4 nitrogen and oxygen atoms in total. The first-order chi connectivity index (χ1) is 11.0. The summed E-state index contributed by atoms with van der Waals surface area (Å²) in [5.74, 6) is -2.65. The summed E-state index contributed by atoms with van der Waals surface area (Å²) in [6.45, 7) is 0.683. The molecule has 3 rings (SSSR count). The van der Waals surface area contributed by atoms with Crippen LogP contribution in [0.2, 0.25) is 0 Å². The number of aliphatic carboxylic acids is 1. The summed E-state index contributed by atoms with van der Waals surface area (Å²) < 4.78 is 26.8. The molecule has 1 aliphatic rings. The minimum absolute atomic E-state index is 0.210. The molecular weight excluding hydrogens is 302 g/mol. The Balaban J connectivity index is 1.92. The average Bonchev–Trinajstić information content (AvgIpc) is 2.46. The Morgan fingerprint density at radius 3 is 2.57 bits per heavy atom. The van der Waals surface area contributed by atoms with Gasteiger partial charge < -0.3 is 10.0 Å². The van der Waals surface area contributed by atoms with E-state index in [9.17, 15) is 18.8 Å². The van der Waals surface area contributed by atoms with Crippen LogP contribution in [0, 0.1) is 28.9 Å². The van der Waals surface area contributed by atoms with Crippen molar-refractivity contribution in [3.63, 3.8) is 0 Å². The Kier molecular flexibility index (Phi) is 3.70. The maximum atomic E-state index is 13.8. The fourth-order valence-corrected chi connectivity index (χ4v) is 2.62. The van der Waals surface area contributed by atoms with E-state index in [1.54, 1.807) is 17.0 Å². The van der Waals surface area contributed by atoms with Crippen LogP contribution < -0.4 is 4.90 Å². The van der Waals surface area contributed by atoms with Gasteiger partial charge in [-0.2, -0.15) is 5.26 Å². The van der Waals surface area contributed by atoms with Gasteiger partial charge in [-0.3, -0.25) is 4.79 Å². The summed E-state index contributed by atoms with van der Waals surface area (Å²) in [5.41, 5.74) is 1.63. The lowest BCUT2D eigenvalue weighted by molar-refractivity contribution is -0.142. The molecule has 1 saturated heterocycles. The number of nitriles is 1. The minimum Gasteiger partial charge on any atom is -0.481 e. The zero-order valence-electron chi connectivity index (χ0n) is 12.0. The van der Waals surface area contributed by atoms with Gasteiger partial charge >= 0.3 is 5.97 Å². The Bertz CT molecular complexity index is 824. The molecule has 1 heterocycles. The summed E-state index contributed by atoms with van der Waals surface area (Å²) in [4.78, 5) is 12.6. The number of rotatable bonds is 3. The van der Waals surface area contributed by atoms with Gasteiger partial charge in [0.15, 0.2) is 0 Å². The van der Waals surface area contributed by atoms with Crippen LogP contribution >= 0.6 is 0 Å². The lowest BCUT2D eigenvalue weighted by Crippen LogP contribution is -2.50. The molecule has 0 aliphatic carbocycles. The lowest BCUT2D eigenvalue weighted by atomic mass is 9.96. The molecule has 2 aromatic carbocycles. The molecule has 0 bridgehead atoms. The fourth-order valence-electron chi connectivity index (χ4n) is 2.62. The Morgan fingerprint density at radius 2 is 1.96 bits per heavy atom. The number of carboxylic acid groups (broad SMARTS) is 1. The van der Waals surface area contributed by atoms with Gasteiger partial charge in [-0.15, -0.1) is 0 Å². The van der Waals surface area contributed by atoms with Gasteiger partial charge in [0.1, 0.15) is 17.7 Å². The Labute approximate surface area is 131 Å². The molecule has 1 fully saturated rings. The first kappa shape index (κ1) is 15.0. The van der Waals surface area contributed by atoms with Crippen LogP contribution in [0.1, 0.15) is 5.56 Å². The number of halogens is 2. The summed E-state index contributed by atoms with van der Waals surface area (Å²) in [7, 11) is 0. The molecule has 0 radical (unpaired) electrons. The van der Waals surface area contributed by atoms with Gasteiger partial charge in [0.25, 0.3) is 0 Å². The standard InChI is InChI=1S/C17H12F2N2O2/c18-13-2-3-14(15(19)6-13)10-1-4-16(11(5-10)7-20)21-8-12(9-21)17(22)23/h1-6,12H,8-9H2,(H,22,23). The molecule has 1 N–H and O–H groups in total. The van der Waals surface area contributed by atoms with E-state index in [-0.39, 0.29) is 5.56 Å². The van der Waals surface area contributed by atoms with Crippen LogP contribution in [0.4, 0.5) is 14.5 Å². The fraction of sp³-hybridized carbons (Fsp3) is 0.176. The topological polar surface area (TPSA) is 64.3 Å². The van der Waals surface area contributed by atoms with E-state index in [1.165, 1.54) is 12.1 Å². The molecule has 0 unspecified atom stereocenters. The van der Waals surface area contributed by atoms with Crippen molar-refractivity contribution < 1.29 is 18.7 Å². The normalized spacial score (nSPS) is 14.2. The average molecular weight is 314 g/mol. The van der Waals surface area contributed by atoms with Crippen LogP contribution in [0.15, 0.2) is 36.4 Å². The quantitative estimate of drug-likeness (QED) is 0.946. The molecule has 0 aromatic heterocycles. The van der Waals surface area contributed by atoms with Crippen molar-refractivity contribution in [2.75, 3.05) is 18.0 Å². The van der Waals surface area contributed by atoms with Gasteiger partial charge in [0.05, 0.1) is 17.2 Å². The second-order valence-electron chi connectivity index (χ2n) is 5.41. The van der Waals surface area contributed by atoms with E-state index in [1.807, 2.05) is 6.07 Å². The maximum Gasteiger partial charge on any atom is 0.310 e. The molecule has 2 aromatic rings. The SMILES string of the molecule is N#Cc1cc(-c2ccc(F)cc2F)ccc1N1CC(C(=O)O)C1. The van der Waals surface area contributed by atoms with Gasteiger partial charge in [-0.1, -0.05) is 6.07 Å². The third-order valence-electron chi connectivity index (χ3n) is 3.93. The van der Waals surface area contributed by atoms with Crippen LogP contribution in [0.25, 0.3) is 11.1 Å². The molecule has 0 saturated carbocycles. The first-order valence-electron chi connectivity index (χ1n) is 6.97. The highest BCUT2D eigenvalue weighted by molar-refractivity contribution is 5.77. The largest absolute Gasteiger partial charge is 0.481 e. The number of hydrogen-bond donors (Lipinski definition) is 1. The minimum atomic E-state index is -0.857. The van der Waals surface area contributed by atoms with Crippen LogP contribution in [0.5, 0.6) is 0 Å². The number of hydrogen-bond acceptors (Lipinski definition) is 3. The second kappa shape index (κ2) is 5.69. The van der Waals surface area contributed by atoms with E-state index >= 15 is 0 Å². The highest BCUT2D eigenvalue weighted by atomic mass is 19.1. The molecule has 1 aliphatic heterocycles. The van der Waals surface area contributed by atoms with Gasteiger partial charge in [-0.25, -0.2) is 8.78 Å². The molecule has 6 heteroatoms. The predicted octanol–water partition coefficient (Wildman–Crippen LogP) is 3.02. The third kappa shape index (κ3) is 2.73. The van der Waals surface area contributed by atoms with Crippen molar-refractivity contribution in [3.8, 4) is 17.2 Å². The van der Waals surface area contributed by atoms with E-state index in [0.29, 0.717) is 29.9 Å². The van der Waals surface area contributed by atoms with E-state index in [2.05, 4.69) is 0 Å². The molecular formula is C17H12F2N2O2. The number of anilines is 1. The zero-order valence-corrected chi connectivity index (χ0v) is 12.0. The molecule has 23 heavy (non-hydrogen) atoms. The molecule has 0 atom stereocenters. The number of benzene rings is 2. The number of carbonyl (C=O) groups is 1. The first-order valence-corrected chi connectivity index (χ1v) is 6.97. The third-order valence-corrected chi connectivity index (χ3v) is 3.93. The van der Waals surface area contributed by atoms with Crippen molar-refractivity contribution in [3.05, 3.63) is 53.6 Å². The maximum absolute atomic E-state index is 13.8. The summed E-state index contributed by atoms with van der Waals surface area (Å²) in [6, 6.07) is 10.1. The molecule has 116 valence electrons. The van der Waals surface area contributed by atoms with Gasteiger partial charge in [0, 0.05) is 24.7 Å².